The molecule has 3 rings (SSSR count). The van der Waals surface area contributed by atoms with Gasteiger partial charge in [-0.1, -0.05) is 24.3 Å². The van der Waals surface area contributed by atoms with Crippen molar-refractivity contribution in [2.24, 2.45) is 0 Å². The maximum absolute atomic E-state index is 11.8. The second kappa shape index (κ2) is 2.83. The zero-order valence-electron chi connectivity index (χ0n) is 8.53. The summed E-state index contributed by atoms with van der Waals surface area (Å²) in [6.45, 7) is 0. The summed E-state index contributed by atoms with van der Waals surface area (Å²) in [7, 11) is 1.41. The normalized spacial score (nSPS) is 31.4. The molecule has 1 aromatic carbocycles. The predicted molar refractivity (Wildman–Crippen MR) is 53.2 cm³/mol. The molecule has 0 aliphatic carbocycles. The third kappa shape index (κ3) is 0.960. The van der Waals surface area contributed by atoms with Gasteiger partial charge in [-0.25, -0.2) is 4.79 Å². The van der Waals surface area contributed by atoms with Gasteiger partial charge in [-0.3, -0.25) is 0 Å². The highest BCUT2D eigenvalue weighted by Crippen LogP contribution is 2.55. The van der Waals surface area contributed by atoms with Crippen LogP contribution in [0, 0.1) is 0 Å². The van der Waals surface area contributed by atoms with E-state index in [2.05, 4.69) is 0 Å². The lowest BCUT2D eigenvalue weighted by molar-refractivity contribution is -0.166. The minimum Gasteiger partial charge on any atom is -0.467 e. The lowest BCUT2D eigenvalue weighted by Gasteiger charge is -2.23. The summed E-state index contributed by atoms with van der Waals surface area (Å²) in [5.41, 5.74) is 1.33. The molecule has 0 aromatic heterocycles. The van der Waals surface area contributed by atoms with Crippen molar-refractivity contribution in [1.82, 2.24) is 0 Å². The van der Waals surface area contributed by atoms with Gasteiger partial charge < -0.3 is 9.47 Å². The zero-order valence-corrected chi connectivity index (χ0v) is 8.53. The number of fused-ring (bicyclic) bond motifs is 5. The van der Waals surface area contributed by atoms with Crippen LogP contribution in [0.25, 0.3) is 0 Å². The number of hydrogen-bond donors (Lipinski definition) is 0. The van der Waals surface area contributed by atoms with Crippen LogP contribution in [0.2, 0.25) is 0 Å². The number of hydrogen-bond acceptors (Lipinski definition) is 3. The van der Waals surface area contributed by atoms with Gasteiger partial charge >= 0.3 is 5.97 Å². The van der Waals surface area contributed by atoms with Gasteiger partial charge in [0.25, 0.3) is 0 Å². The molecule has 2 bridgehead atoms. The molecule has 0 N–H and O–H groups in total. The molecule has 1 aromatic rings. The standard InChI is InChI=1S/C12H12O3/c1-14-11(13)12-7-6-10(15-12)8-4-2-3-5-9(8)12/h2-5,10H,6-7H2,1H3/t10-,12-/m1/s1. The van der Waals surface area contributed by atoms with Crippen LogP contribution in [-0.2, 0) is 19.9 Å². The molecule has 0 unspecified atom stereocenters. The van der Waals surface area contributed by atoms with Crippen molar-refractivity contribution in [2.75, 3.05) is 7.11 Å². The Morgan fingerprint density at radius 3 is 3.13 bits per heavy atom. The molecule has 1 saturated heterocycles. The molecular formula is C12H12O3. The second-order valence-corrected chi connectivity index (χ2v) is 4.05. The van der Waals surface area contributed by atoms with Crippen LogP contribution in [0.15, 0.2) is 24.3 Å². The number of carbonyl (C=O) groups excluding carboxylic acids is 1. The van der Waals surface area contributed by atoms with Crippen molar-refractivity contribution in [2.45, 2.75) is 24.5 Å². The van der Waals surface area contributed by atoms with Gasteiger partial charge in [0.05, 0.1) is 13.2 Å². The van der Waals surface area contributed by atoms with Crippen molar-refractivity contribution in [3.8, 4) is 0 Å². The fraction of sp³-hybridized carbons (Fsp3) is 0.417. The number of carbonyl (C=O) groups is 1. The minimum atomic E-state index is -0.810. The minimum absolute atomic E-state index is 0.0836. The predicted octanol–water partition coefficient (Wildman–Crippen LogP) is 1.92. The molecule has 2 aliphatic rings. The fourth-order valence-electron chi connectivity index (χ4n) is 2.68. The van der Waals surface area contributed by atoms with E-state index in [1.165, 1.54) is 7.11 Å². The molecule has 1 fully saturated rings. The highest BCUT2D eigenvalue weighted by molar-refractivity contribution is 5.83. The van der Waals surface area contributed by atoms with Gasteiger partial charge in [0, 0.05) is 5.56 Å². The smallest absolute Gasteiger partial charge is 0.342 e. The van der Waals surface area contributed by atoms with E-state index >= 15 is 0 Å². The summed E-state index contributed by atoms with van der Waals surface area (Å²) in [6.07, 6.45) is 1.73. The summed E-state index contributed by atoms with van der Waals surface area (Å²) in [5.74, 6) is -0.269. The molecule has 0 amide bonds. The van der Waals surface area contributed by atoms with E-state index in [-0.39, 0.29) is 12.1 Å². The highest BCUT2D eigenvalue weighted by Gasteiger charge is 2.56. The van der Waals surface area contributed by atoms with Gasteiger partial charge in [0.2, 0.25) is 0 Å². The van der Waals surface area contributed by atoms with Crippen LogP contribution in [-0.4, -0.2) is 13.1 Å². The van der Waals surface area contributed by atoms with E-state index in [1.807, 2.05) is 24.3 Å². The first-order valence-electron chi connectivity index (χ1n) is 5.13. The van der Waals surface area contributed by atoms with Crippen LogP contribution in [0.3, 0.4) is 0 Å². The largest absolute Gasteiger partial charge is 0.467 e. The first-order chi connectivity index (χ1) is 7.28. The first-order valence-corrected chi connectivity index (χ1v) is 5.13. The Morgan fingerprint density at radius 1 is 1.53 bits per heavy atom. The number of ether oxygens (including phenoxy) is 2. The van der Waals surface area contributed by atoms with Crippen LogP contribution < -0.4 is 0 Å². The van der Waals surface area contributed by atoms with Crippen LogP contribution in [0.5, 0.6) is 0 Å². The lowest BCUT2D eigenvalue weighted by Crippen LogP contribution is -2.34. The van der Waals surface area contributed by atoms with Crippen molar-refractivity contribution in [3.63, 3.8) is 0 Å². The van der Waals surface area contributed by atoms with E-state index in [9.17, 15) is 4.79 Å². The monoisotopic (exact) mass is 204 g/mol. The average Bonchev–Trinajstić information content (AvgIpc) is 2.86. The molecule has 78 valence electrons. The third-order valence-electron chi connectivity index (χ3n) is 3.36. The zero-order chi connectivity index (χ0) is 10.5. The van der Waals surface area contributed by atoms with E-state index in [0.29, 0.717) is 0 Å². The van der Waals surface area contributed by atoms with Crippen LogP contribution in [0.1, 0.15) is 30.1 Å². The van der Waals surface area contributed by atoms with Gasteiger partial charge in [0.15, 0.2) is 5.60 Å². The summed E-state index contributed by atoms with van der Waals surface area (Å²) < 4.78 is 10.7. The number of rotatable bonds is 1. The summed E-state index contributed by atoms with van der Waals surface area (Å²) in [4.78, 5) is 11.8. The Hall–Kier alpha value is -1.35. The molecule has 0 saturated carbocycles. The number of esters is 1. The molecule has 3 heteroatoms. The third-order valence-corrected chi connectivity index (χ3v) is 3.36. The molecule has 2 aliphatic heterocycles. The Balaban J connectivity index is 2.17. The lowest BCUT2D eigenvalue weighted by atomic mass is 9.82. The maximum atomic E-state index is 11.8. The SMILES string of the molecule is COC(=O)[C@]12CC[C@@H](O1)c1ccccc12. The molecule has 2 atom stereocenters. The number of benzene rings is 1. The van der Waals surface area contributed by atoms with Gasteiger partial charge in [-0.2, -0.15) is 0 Å². The van der Waals surface area contributed by atoms with E-state index in [1.54, 1.807) is 0 Å². The summed E-state index contributed by atoms with van der Waals surface area (Å²) >= 11 is 0. The van der Waals surface area contributed by atoms with Crippen molar-refractivity contribution < 1.29 is 14.3 Å². The average molecular weight is 204 g/mol. The molecule has 0 radical (unpaired) electrons. The topological polar surface area (TPSA) is 35.5 Å². The quantitative estimate of drug-likeness (QED) is 0.655. The van der Waals surface area contributed by atoms with Crippen molar-refractivity contribution in [1.29, 1.82) is 0 Å². The van der Waals surface area contributed by atoms with Gasteiger partial charge in [-0.15, -0.1) is 0 Å². The van der Waals surface area contributed by atoms with Gasteiger partial charge in [0.1, 0.15) is 0 Å². The van der Waals surface area contributed by atoms with E-state index in [4.69, 9.17) is 9.47 Å². The Labute approximate surface area is 88.0 Å². The molecule has 3 nitrogen and oxygen atoms in total. The Bertz CT molecular complexity index is 427. The van der Waals surface area contributed by atoms with E-state index < -0.39 is 5.60 Å². The molecule has 15 heavy (non-hydrogen) atoms. The molecule has 0 spiro atoms. The second-order valence-electron chi connectivity index (χ2n) is 4.05. The fourth-order valence-corrected chi connectivity index (χ4v) is 2.68. The number of methoxy groups -OCH3 is 1. The first kappa shape index (κ1) is 8.92. The molecular weight excluding hydrogens is 192 g/mol. The molecule has 2 heterocycles. The summed E-state index contributed by atoms with van der Waals surface area (Å²) in [6, 6.07) is 7.91. The Morgan fingerprint density at radius 2 is 2.33 bits per heavy atom. The maximum Gasteiger partial charge on any atom is 0.342 e. The van der Waals surface area contributed by atoms with Crippen molar-refractivity contribution >= 4 is 5.97 Å². The van der Waals surface area contributed by atoms with Crippen LogP contribution >= 0.6 is 0 Å². The van der Waals surface area contributed by atoms with E-state index in [0.717, 1.165) is 24.0 Å². The van der Waals surface area contributed by atoms with Crippen molar-refractivity contribution in [3.05, 3.63) is 35.4 Å². The van der Waals surface area contributed by atoms with Crippen LogP contribution in [0.4, 0.5) is 0 Å². The Kier molecular flexibility index (Phi) is 1.68. The van der Waals surface area contributed by atoms with Gasteiger partial charge in [-0.05, 0) is 18.4 Å². The summed E-state index contributed by atoms with van der Waals surface area (Å²) in [5, 5.41) is 0. The highest BCUT2D eigenvalue weighted by atomic mass is 16.6.